The van der Waals surface area contributed by atoms with Gasteiger partial charge >= 0.3 is 6.03 Å². The summed E-state index contributed by atoms with van der Waals surface area (Å²) in [5, 5.41) is 2.97. The van der Waals surface area contributed by atoms with Gasteiger partial charge in [-0.2, -0.15) is 0 Å². The monoisotopic (exact) mass is 380 g/mol. The number of benzene rings is 1. The molecule has 3 heterocycles. The fraction of sp³-hybridized carbons (Fsp3) is 0.611. The molecule has 1 aromatic carbocycles. The fourth-order valence-electron chi connectivity index (χ4n) is 4.13. The van der Waals surface area contributed by atoms with E-state index in [4.69, 9.17) is 9.47 Å². The summed E-state index contributed by atoms with van der Waals surface area (Å²) in [5.74, 6) is 1.99. The molecular formula is C18H24N2O5S. The summed E-state index contributed by atoms with van der Waals surface area (Å²) in [6.45, 7) is 4.03. The summed E-state index contributed by atoms with van der Waals surface area (Å²) in [4.78, 5) is 14.3. The number of carbonyl (C=O) groups excluding carboxylic acids is 1. The van der Waals surface area contributed by atoms with Crippen molar-refractivity contribution in [3.8, 4) is 11.5 Å². The number of hydrogen-bond acceptors (Lipinski definition) is 5. The van der Waals surface area contributed by atoms with Gasteiger partial charge in [0, 0.05) is 48.7 Å². The molecule has 7 nitrogen and oxygen atoms in total. The maximum Gasteiger partial charge on any atom is 0.317 e. The minimum absolute atomic E-state index is 0.0569. The summed E-state index contributed by atoms with van der Waals surface area (Å²) < 4.78 is 35.0. The van der Waals surface area contributed by atoms with E-state index in [2.05, 4.69) is 11.4 Å². The van der Waals surface area contributed by atoms with Gasteiger partial charge < -0.3 is 19.7 Å². The van der Waals surface area contributed by atoms with Crippen LogP contribution >= 0.6 is 0 Å². The summed E-state index contributed by atoms with van der Waals surface area (Å²) in [5.41, 5.74) is 3.23. The van der Waals surface area contributed by atoms with E-state index in [9.17, 15) is 13.2 Å². The van der Waals surface area contributed by atoms with Crippen molar-refractivity contribution in [2.45, 2.75) is 38.8 Å². The molecule has 1 aromatic rings. The minimum Gasteiger partial charge on any atom is -0.493 e. The Morgan fingerprint density at radius 3 is 2.85 bits per heavy atom. The molecule has 0 spiro atoms. The number of sulfone groups is 1. The average Bonchev–Trinajstić information content (AvgIpc) is 3.31. The van der Waals surface area contributed by atoms with Crippen LogP contribution in [-0.4, -0.2) is 56.7 Å². The highest BCUT2D eigenvalue weighted by Crippen LogP contribution is 2.40. The Morgan fingerprint density at radius 2 is 2.12 bits per heavy atom. The molecule has 0 radical (unpaired) electrons. The third-order valence-electron chi connectivity index (χ3n) is 5.43. The lowest BCUT2D eigenvalue weighted by molar-refractivity contribution is 0.183. The van der Waals surface area contributed by atoms with Gasteiger partial charge in [0.2, 0.25) is 0 Å². The molecule has 0 aliphatic carbocycles. The molecule has 8 heteroatoms. The number of urea groups is 1. The summed E-state index contributed by atoms with van der Waals surface area (Å²) in [6, 6.07) is 1.59. The van der Waals surface area contributed by atoms with Crippen LogP contribution in [0.4, 0.5) is 4.79 Å². The molecule has 1 saturated heterocycles. The Morgan fingerprint density at radius 1 is 1.31 bits per heavy atom. The zero-order valence-electron chi connectivity index (χ0n) is 14.9. The summed E-state index contributed by atoms with van der Waals surface area (Å²) >= 11 is 0. The van der Waals surface area contributed by atoms with Crippen LogP contribution in [-0.2, 0) is 29.2 Å². The van der Waals surface area contributed by atoms with E-state index in [-0.39, 0.29) is 23.6 Å². The first kappa shape index (κ1) is 17.5. The van der Waals surface area contributed by atoms with Gasteiger partial charge in [-0.3, -0.25) is 0 Å². The highest BCUT2D eigenvalue weighted by molar-refractivity contribution is 7.91. The molecule has 1 atom stereocenters. The fourth-order valence-corrected chi connectivity index (χ4v) is 5.86. The second kappa shape index (κ2) is 6.64. The number of carbonyl (C=O) groups is 1. The van der Waals surface area contributed by atoms with E-state index in [0.717, 1.165) is 41.0 Å². The molecule has 1 fully saturated rings. The van der Waals surface area contributed by atoms with Crippen molar-refractivity contribution in [3.05, 3.63) is 22.8 Å². The number of nitrogens with one attached hydrogen (secondary N) is 1. The average molecular weight is 380 g/mol. The summed E-state index contributed by atoms with van der Waals surface area (Å²) in [7, 11) is -3.03. The Balaban J connectivity index is 1.50. The predicted molar refractivity (Wildman–Crippen MR) is 96.5 cm³/mol. The first-order valence-corrected chi connectivity index (χ1v) is 11.0. The molecule has 0 saturated carbocycles. The van der Waals surface area contributed by atoms with Crippen molar-refractivity contribution >= 4 is 15.9 Å². The number of amides is 2. The van der Waals surface area contributed by atoms with Crippen molar-refractivity contribution in [1.29, 1.82) is 0 Å². The topological polar surface area (TPSA) is 84.9 Å². The third kappa shape index (κ3) is 3.11. The second-order valence-electron chi connectivity index (χ2n) is 7.02. The van der Waals surface area contributed by atoms with Gasteiger partial charge in [0.05, 0.1) is 24.7 Å². The van der Waals surface area contributed by atoms with E-state index in [1.165, 1.54) is 0 Å². The molecular weight excluding hydrogens is 356 g/mol. The molecule has 4 rings (SSSR count). The van der Waals surface area contributed by atoms with Crippen LogP contribution in [0.5, 0.6) is 11.5 Å². The van der Waals surface area contributed by atoms with Gasteiger partial charge in [-0.15, -0.1) is 0 Å². The predicted octanol–water partition coefficient (Wildman–Crippen LogP) is 1.28. The highest BCUT2D eigenvalue weighted by Gasteiger charge is 2.34. The molecule has 2 amide bonds. The van der Waals surface area contributed by atoms with E-state index >= 15 is 0 Å². The van der Waals surface area contributed by atoms with Crippen LogP contribution < -0.4 is 14.8 Å². The quantitative estimate of drug-likeness (QED) is 0.850. The van der Waals surface area contributed by atoms with Crippen LogP contribution in [0.3, 0.4) is 0 Å². The number of hydrogen-bond donors (Lipinski definition) is 1. The second-order valence-corrected chi connectivity index (χ2v) is 9.25. The Labute approximate surface area is 153 Å². The standard InChI is InChI=1S/C18H24N2O5S/c1-2-20(13-5-8-26(22,23)11-13)18(21)19-10-15-14-4-7-24-16(14)9-12-3-6-25-17(12)15/h9,13H,2-8,10-11H2,1H3,(H,19,21). The Hall–Kier alpha value is -1.96. The molecule has 142 valence electrons. The molecule has 0 aromatic heterocycles. The maximum absolute atomic E-state index is 12.7. The largest absolute Gasteiger partial charge is 0.493 e. The zero-order valence-corrected chi connectivity index (χ0v) is 15.7. The van der Waals surface area contributed by atoms with Gasteiger partial charge in [-0.25, -0.2) is 13.2 Å². The highest BCUT2D eigenvalue weighted by atomic mass is 32.2. The number of ether oxygens (including phenoxy) is 2. The first-order valence-electron chi connectivity index (χ1n) is 9.16. The Bertz CT molecular complexity index is 804. The normalized spacial score (nSPS) is 22.3. The minimum atomic E-state index is -3.03. The molecule has 26 heavy (non-hydrogen) atoms. The van der Waals surface area contributed by atoms with Gasteiger partial charge in [0.25, 0.3) is 0 Å². The molecule has 1 N–H and O–H groups in total. The van der Waals surface area contributed by atoms with Crippen LogP contribution in [0.15, 0.2) is 6.07 Å². The van der Waals surface area contributed by atoms with Crippen molar-refractivity contribution in [2.75, 3.05) is 31.3 Å². The maximum atomic E-state index is 12.7. The lowest BCUT2D eigenvalue weighted by Gasteiger charge is -2.27. The van der Waals surface area contributed by atoms with Crippen molar-refractivity contribution in [3.63, 3.8) is 0 Å². The number of nitrogens with zero attached hydrogens (tertiary/aromatic N) is 1. The van der Waals surface area contributed by atoms with Crippen LogP contribution in [0.1, 0.15) is 30.0 Å². The van der Waals surface area contributed by atoms with E-state index < -0.39 is 9.84 Å². The third-order valence-corrected chi connectivity index (χ3v) is 7.18. The van der Waals surface area contributed by atoms with Crippen molar-refractivity contribution in [2.24, 2.45) is 0 Å². The van der Waals surface area contributed by atoms with E-state index in [1.54, 1.807) is 4.90 Å². The Kier molecular flexibility index (Phi) is 4.46. The zero-order chi connectivity index (χ0) is 18.3. The summed E-state index contributed by atoms with van der Waals surface area (Å²) in [6.07, 6.45) is 2.18. The molecule has 3 aliphatic heterocycles. The smallest absolute Gasteiger partial charge is 0.317 e. The lowest BCUT2D eigenvalue weighted by atomic mass is 9.99. The first-order chi connectivity index (χ1) is 12.5. The lowest BCUT2D eigenvalue weighted by Crippen LogP contribution is -2.46. The molecule has 3 aliphatic rings. The van der Waals surface area contributed by atoms with Crippen molar-refractivity contribution < 1.29 is 22.7 Å². The van der Waals surface area contributed by atoms with Gasteiger partial charge in [0.1, 0.15) is 11.5 Å². The van der Waals surface area contributed by atoms with E-state index in [1.807, 2.05) is 6.92 Å². The number of fused-ring (bicyclic) bond motifs is 2. The van der Waals surface area contributed by atoms with E-state index in [0.29, 0.717) is 32.7 Å². The van der Waals surface area contributed by atoms with Gasteiger partial charge in [-0.1, -0.05) is 0 Å². The SMILES string of the molecule is CCN(C(=O)NCc1c2c(cc3c1OCC3)OCC2)C1CCS(=O)(=O)C1. The number of rotatable bonds is 4. The van der Waals surface area contributed by atoms with Gasteiger partial charge in [0.15, 0.2) is 9.84 Å². The van der Waals surface area contributed by atoms with Crippen LogP contribution in [0.2, 0.25) is 0 Å². The molecule has 1 unspecified atom stereocenters. The van der Waals surface area contributed by atoms with Crippen LogP contribution in [0, 0.1) is 0 Å². The van der Waals surface area contributed by atoms with Gasteiger partial charge in [-0.05, 0) is 19.4 Å². The van der Waals surface area contributed by atoms with Crippen molar-refractivity contribution in [1.82, 2.24) is 10.2 Å². The molecule has 0 bridgehead atoms. The van der Waals surface area contributed by atoms with Crippen LogP contribution in [0.25, 0.3) is 0 Å².